The third-order valence-corrected chi connectivity index (χ3v) is 8.89. The molecule has 2 aliphatic rings. The number of carbonyl (C=O) groups is 3. The molecule has 2 atom stereocenters. The second-order valence-corrected chi connectivity index (χ2v) is 11.9. The lowest BCUT2D eigenvalue weighted by Gasteiger charge is -2.45. The number of hydrogen-bond donors (Lipinski definition) is 0. The molecule has 2 heterocycles. The number of likely N-dealkylation sites (N-methyl/N-ethyl adjacent to an activating group) is 1. The minimum Gasteiger partial charge on any atom is -0.343 e. The van der Waals surface area contributed by atoms with Crippen molar-refractivity contribution < 1.29 is 53.9 Å². The fraction of sp³-hybridized carbons (Fsp3) is 0.516. The molecule has 2 aromatic rings. The van der Waals surface area contributed by atoms with Crippen molar-refractivity contribution in [3.8, 4) is 0 Å². The van der Waals surface area contributed by atoms with Crippen molar-refractivity contribution >= 4 is 23.5 Å². The van der Waals surface area contributed by atoms with E-state index >= 15 is 0 Å². The molecule has 47 heavy (non-hydrogen) atoms. The molecule has 0 spiro atoms. The third kappa shape index (κ3) is 8.12. The Balaban J connectivity index is 1.62. The maximum atomic E-state index is 13.6. The van der Waals surface area contributed by atoms with Gasteiger partial charge in [0.25, 0.3) is 0 Å². The summed E-state index contributed by atoms with van der Waals surface area (Å²) in [5, 5.41) is 0. The topological polar surface area (TPSA) is 64.2 Å². The number of likely N-dealkylation sites (tertiary alicyclic amines) is 2. The van der Waals surface area contributed by atoms with Crippen LogP contribution >= 0.6 is 0 Å². The maximum absolute atomic E-state index is 13.6. The molecule has 2 aromatic carbocycles. The van der Waals surface area contributed by atoms with E-state index in [1.807, 2.05) is 0 Å². The summed E-state index contributed by atoms with van der Waals surface area (Å²) in [5.74, 6) is -1.47. The molecule has 7 nitrogen and oxygen atoms in total. The summed E-state index contributed by atoms with van der Waals surface area (Å²) >= 11 is 0. The van der Waals surface area contributed by atoms with Crippen LogP contribution in [0.1, 0.15) is 54.4 Å². The number of urea groups is 1. The van der Waals surface area contributed by atoms with Gasteiger partial charge in [-0.15, -0.1) is 0 Å². The van der Waals surface area contributed by atoms with Gasteiger partial charge in [-0.25, -0.2) is 4.79 Å². The van der Waals surface area contributed by atoms with Gasteiger partial charge in [-0.2, -0.15) is 39.5 Å². The number of halogens is 9. The Morgan fingerprint density at radius 3 is 1.66 bits per heavy atom. The molecule has 0 aliphatic carbocycles. The molecule has 0 saturated carbocycles. The highest BCUT2D eigenvalue weighted by Gasteiger charge is 2.41. The Kier molecular flexibility index (Phi) is 10.1. The molecule has 4 rings (SSSR count). The van der Waals surface area contributed by atoms with Gasteiger partial charge in [0.05, 0.1) is 16.7 Å². The monoisotopic (exact) mass is 680 g/mol. The average Bonchev–Trinajstić information content (AvgIpc) is 3.01. The van der Waals surface area contributed by atoms with E-state index in [-0.39, 0.29) is 37.4 Å². The van der Waals surface area contributed by atoms with E-state index in [0.29, 0.717) is 48.5 Å². The number of rotatable bonds is 4. The van der Waals surface area contributed by atoms with Gasteiger partial charge >= 0.3 is 24.6 Å². The summed E-state index contributed by atoms with van der Waals surface area (Å²) in [6, 6.07) is 3.21. The number of benzene rings is 2. The molecule has 4 amide bonds. The average molecular weight is 681 g/mol. The lowest BCUT2D eigenvalue weighted by atomic mass is 9.83. The number of anilines is 1. The fourth-order valence-electron chi connectivity index (χ4n) is 6.17. The van der Waals surface area contributed by atoms with Crippen molar-refractivity contribution in [3.63, 3.8) is 0 Å². The van der Waals surface area contributed by atoms with Gasteiger partial charge in [-0.1, -0.05) is 12.1 Å². The van der Waals surface area contributed by atoms with Crippen LogP contribution in [0.3, 0.4) is 0 Å². The summed E-state index contributed by atoms with van der Waals surface area (Å²) < 4.78 is 121. The largest absolute Gasteiger partial charge is 0.416 e. The first-order chi connectivity index (χ1) is 21.7. The highest BCUT2D eigenvalue weighted by atomic mass is 19.4. The SMILES string of the molecule is CC(=O)N1CCC(C(=O)N2CC[C@@H](N(C)C(=O)N(C)c3cc(C(F)(F)F)cc(C(F)(F)F)c3)[C@H](c3ccc(C(F)(F)F)cc3)C2)CC1. The zero-order valence-electron chi connectivity index (χ0n) is 25.6. The quantitative estimate of drug-likeness (QED) is 0.331. The van der Waals surface area contributed by atoms with Gasteiger partial charge in [0.2, 0.25) is 11.8 Å². The minimum absolute atomic E-state index is 0.00903. The molecule has 0 bridgehead atoms. The molecule has 0 unspecified atom stereocenters. The van der Waals surface area contributed by atoms with E-state index in [1.54, 1.807) is 9.80 Å². The lowest BCUT2D eigenvalue weighted by Crippen LogP contribution is -2.55. The van der Waals surface area contributed by atoms with Crippen LogP contribution in [0, 0.1) is 5.92 Å². The smallest absolute Gasteiger partial charge is 0.343 e. The van der Waals surface area contributed by atoms with Crippen molar-refractivity contribution in [3.05, 3.63) is 64.7 Å². The van der Waals surface area contributed by atoms with E-state index in [1.165, 1.54) is 26.1 Å². The predicted molar refractivity (Wildman–Crippen MR) is 152 cm³/mol. The molecular weight excluding hydrogens is 647 g/mol. The van der Waals surface area contributed by atoms with E-state index in [0.717, 1.165) is 24.1 Å². The predicted octanol–water partition coefficient (Wildman–Crippen LogP) is 6.87. The second kappa shape index (κ2) is 13.3. The summed E-state index contributed by atoms with van der Waals surface area (Å²) in [4.78, 5) is 43.8. The third-order valence-electron chi connectivity index (χ3n) is 8.89. The molecular formula is C31H33F9N4O3. The number of amides is 4. The lowest BCUT2D eigenvalue weighted by molar-refractivity contribution is -0.143. The standard InChI is InChI=1S/C31H33F9N4O3/c1-18(45)43-11-8-20(9-12-43)27(46)44-13-10-26(25(17-44)19-4-6-21(7-5-19)29(32,33)34)42(3)28(47)41(2)24-15-22(30(35,36)37)14-23(16-24)31(38,39)40/h4-7,14-16,20,25-26H,8-13,17H2,1-3H3/t25-,26+/m0/s1. The molecule has 0 N–H and O–H groups in total. The van der Waals surface area contributed by atoms with Gasteiger partial charge in [-0.05, 0) is 55.2 Å². The van der Waals surface area contributed by atoms with Crippen LogP contribution in [0.4, 0.5) is 50.0 Å². The number of hydrogen-bond acceptors (Lipinski definition) is 3. The van der Waals surface area contributed by atoms with E-state index in [4.69, 9.17) is 0 Å². The van der Waals surface area contributed by atoms with Gasteiger partial charge in [0.15, 0.2) is 0 Å². The molecule has 0 radical (unpaired) electrons. The molecule has 16 heteroatoms. The Morgan fingerprint density at radius 2 is 1.19 bits per heavy atom. The van der Waals surface area contributed by atoms with E-state index < -0.39 is 64.8 Å². The molecule has 0 aromatic heterocycles. The van der Waals surface area contributed by atoms with Crippen molar-refractivity contribution in [1.29, 1.82) is 0 Å². The summed E-state index contributed by atoms with van der Waals surface area (Å²) in [6.07, 6.45) is -13.9. The summed E-state index contributed by atoms with van der Waals surface area (Å²) in [6.45, 7) is 2.33. The van der Waals surface area contributed by atoms with Crippen LogP contribution in [0.5, 0.6) is 0 Å². The summed E-state index contributed by atoms with van der Waals surface area (Å²) in [7, 11) is 2.32. The van der Waals surface area contributed by atoms with Gasteiger partial charge in [-0.3, -0.25) is 14.5 Å². The van der Waals surface area contributed by atoms with Gasteiger partial charge in [0, 0.05) is 70.8 Å². The van der Waals surface area contributed by atoms with Crippen LogP contribution in [-0.4, -0.2) is 78.9 Å². The fourth-order valence-corrected chi connectivity index (χ4v) is 6.17. The van der Waals surface area contributed by atoms with Crippen LogP contribution < -0.4 is 4.90 Å². The molecule has 258 valence electrons. The second-order valence-electron chi connectivity index (χ2n) is 11.9. The van der Waals surface area contributed by atoms with Crippen LogP contribution in [0.2, 0.25) is 0 Å². The van der Waals surface area contributed by atoms with E-state index in [2.05, 4.69) is 0 Å². The van der Waals surface area contributed by atoms with Crippen LogP contribution in [0.15, 0.2) is 42.5 Å². The highest BCUT2D eigenvalue weighted by molar-refractivity contribution is 5.92. The van der Waals surface area contributed by atoms with Crippen molar-refractivity contribution in [1.82, 2.24) is 14.7 Å². The Morgan fingerprint density at radius 1 is 0.702 bits per heavy atom. The van der Waals surface area contributed by atoms with Crippen molar-refractivity contribution in [2.75, 3.05) is 45.2 Å². The first kappa shape index (κ1) is 35.9. The molecule has 2 saturated heterocycles. The van der Waals surface area contributed by atoms with Gasteiger partial charge < -0.3 is 14.7 Å². The Bertz CT molecular complexity index is 1430. The molecule has 2 aliphatic heterocycles. The maximum Gasteiger partial charge on any atom is 0.416 e. The Hall–Kier alpha value is -3.98. The van der Waals surface area contributed by atoms with E-state index in [9.17, 15) is 53.9 Å². The zero-order valence-corrected chi connectivity index (χ0v) is 25.6. The minimum atomic E-state index is -5.14. The number of nitrogens with zero attached hydrogens (tertiary/aromatic N) is 4. The number of carbonyl (C=O) groups excluding carboxylic acids is 3. The zero-order chi connectivity index (χ0) is 35.1. The highest BCUT2D eigenvalue weighted by Crippen LogP contribution is 2.39. The van der Waals surface area contributed by atoms with Gasteiger partial charge in [0.1, 0.15) is 0 Å². The van der Waals surface area contributed by atoms with Crippen LogP contribution in [0.25, 0.3) is 0 Å². The Labute approximate surface area is 264 Å². The van der Waals surface area contributed by atoms with Crippen molar-refractivity contribution in [2.24, 2.45) is 5.92 Å². The summed E-state index contributed by atoms with van der Waals surface area (Å²) in [5.41, 5.74) is -4.44. The number of piperidine rings is 2. The normalized spacial score (nSPS) is 19.8. The van der Waals surface area contributed by atoms with Crippen molar-refractivity contribution in [2.45, 2.75) is 56.7 Å². The van der Waals surface area contributed by atoms with Crippen LogP contribution in [-0.2, 0) is 28.1 Å². The first-order valence-corrected chi connectivity index (χ1v) is 14.7. The first-order valence-electron chi connectivity index (χ1n) is 14.7. The number of alkyl halides is 9. The molecule has 2 fully saturated rings.